The highest BCUT2D eigenvalue weighted by Crippen LogP contribution is 2.37. The van der Waals surface area contributed by atoms with Crippen LogP contribution in [-0.4, -0.2) is 15.2 Å². The van der Waals surface area contributed by atoms with Gasteiger partial charge in [-0.15, -0.1) is 0 Å². The highest BCUT2D eigenvalue weighted by Gasteiger charge is 2.35. The molecule has 2 nitrogen and oxygen atoms in total. The summed E-state index contributed by atoms with van der Waals surface area (Å²) in [6.07, 6.45) is 4.67. The van der Waals surface area contributed by atoms with Crippen LogP contribution in [0.3, 0.4) is 0 Å². The zero-order chi connectivity index (χ0) is 12.4. The van der Waals surface area contributed by atoms with E-state index < -0.39 is 22.0 Å². The van der Waals surface area contributed by atoms with Gasteiger partial charge >= 0.3 is 0 Å². The van der Waals surface area contributed by atoms with Crippen molar-refractivity contribution in [2.24, 2.45) is 11.1 Å². The van der Waals surface area contributed by atoms with Crippen molar-refractivity contribution in [1.82, 2.24) is 0 Å². The third-order valence-electron chi connectivity index (χ3n) is 2.97. The predicted octanol–water partition coefficient (Wildman–Crippen LogP) is 2.77. The van der Waals surface area contributed by atoms with Crippen molar-refractivity contribution in [3.63, 3.8) is 0 Å². The third-order valence-corrected chi connectivity index (χ3v) is 4.14. The van der Waals surface area contributed by atoms with Crippen molar-refractivity contribution in [1.29, 1.82) is 0 Å². The van der Waals surface area contributed by atoms with Gasteiger partial charge in [0.25, 0.3) is 0 Å². The molecule has 2 N–H and O–H groups in total. The van der Waals surface area contributed by atoms with E-state index in [9.17, 15) is 13.3 Å². The highest BCUT2D eigenvalue weighted by molar-refractivity contribution is 7.90. The lowest BCUT2D eigenvalue weighted by atomic mass is 9.86. The fraction of sp³-hybridized carbons (Fsp3) is 0.818. The lowest BCUT2D eigenvalue weighted by molar-refractivity contribution is -0.0453. The van der Waals surface area contributed by atoms with Gasteiger partial charge < -0.3 is 4.55 Å². The Bertz CT molecular complexity index is 267. The van der Waals surface area contributed by atoms with E-state index in [4.69, 9.17) is 5.14 Å². The number of nitrogens with two attached hydrogens (primary N) is 1. The fourth-order valence-electron chi connectivity index (χ4n) is 1.81. The van der Waals surface area contributed by atoms with Crippen molar-refractivity contribution in [2.75, 3.05) is 0 Å². The van der Waals surface area contributed by atoms with E-state index in [1.54, 1.807) is 26.0 Å². The number of halogens is 2. The average Bonchev–Trinajstić information content (AvgIpc) is 2.13. The molecule has 1 aliphatic rings. The zero-order valence-corrected chi connectivity index (χ0v) is 10.5. The smallest absolute Gasteiger partial charge is 0.248 e. The predicted molar refractivity (Wildman–Crippen MR) is 62.5 cm³/mol. The van der Waals surface area contributed by atoms with Gasteiger partial charge in [-0.1, -0.05) is 6.08 Å². The van der Waals surface area contributed by atoms with Crippen LogP contribution in [0.4, 0.5) is 8.78 Å². The molecule has 94 valence electrons. The molecule has 0 spiro atoms. The molecule has 0 saturated heterocycles. The first-order valence-electron chi connectivity index (χ1n) is 5.46. The standard InChI is InChI=1S/C11H19F2NOS/c1-10(2,16(14)15)7-5-9-4-3-6-11(12,13)8-9/h5,7,9H,3-4,6,8,14H2,1-2H3/b7-5+. The molecule has 0 aromatic rings. The molecule has 5 heteroatoms. The first-order chi connectivity index (χ1) is 7.23. The van der Waals surface area contributed by atoms with Crippen molar-refractivity contribution >= 4 is 11.4 Å². The van der Waals surface area contributed by atoms with Gasteiger partial charge in [0, 0.05) is 24.2 Å². The molecule has 1 saturated carbocycles. The van der Waals surface area contributed by atoms with Crippen molar-refractivity contribution in [3.05, 3.63) is 12.2 Å². The monoisotopic (exact) mass is 251 g/mol. The van der Waals surface area contributed by atoms with Crippen molar-refractivity contribution < 1.29 is 13.3 Å². The Morgan fingerprint density at radius 1 is 1.50 bits per heavy atom. The van der Waals surface area contributed by atoms with Gasteiger partial charge in [-0.3, -0.25) is 0 Å². The molecule has 1 aliphatic carbocycles. The molecule has 0 aromatic carbocycles. The molecular formula is C11H19F2NOS. The Kier molecular flexibility index (Phi) is 4.37. The SMILES string of the molecule is CC(C)(/C=C/C1CCCC(F)(F)C1)[S+](N)[O-]. The molecule has 0 amide bonds. The van der Waals surface area contributed by atoms with Gasteiger partial charge in [-0.05, 0) is 38.7 Å². The minimum atomic E-state index is -2.54. The van der Waals surface area contributed by atoms with E-state index >= 15 is 0 Å². The molecule has 16 heavy (non-hydrogen) atoms. The first kappa shape index (κ1) is 13.9. The number of alkyl halides is 2. The third kappa shape index (κ3) is 4.03. The summed E-state index contributed by atoms with van der Waals surface area (Å²) in [7, 11) is 0. The fourth-order valence-corrected chi connectivity index (χ4v) is 2.02. The van der Waals surface area contributed by atoms with Crippen LogP contribution in [0.2, 0.25) is 0 Å². The Morgan fingerprint density at radius 2 is 2.12 bits per heavy atom. The molecule has 0 bridgehead atoms. The van der Waals surface area contributed by atoms with Gasteiger partial charge in [0.2, 0.25) is 5.92 Å². The molecule has 1 rings (SSSR count). The summed E-state index contributed by atoms with van der Waals surface area (Å²) in [4.78, 5) is 0. The van der Waals surface area contributed by atoms with Crippen molar-refractivity contribution in [2.45, 2.75) is 50.2 Å². The van der Waals surface area contributed by atoms with E-state index in [0.29, 0.717) is 6.42 Å². The van der Waals surface area contributed by atoms with E-state index in [1.165, 1.54) is 0 Å². The summed E-state index contributed by atoms with van der Waals surface area (Å²) >= 11 is -1.47. The Hall–Kier alpha value is -0.130. The van der Waals surface area contributed by atoms with Gasteiger partial charge in [0.15, 0.2) is 4.75 Å². The van der Waals surface area contributed by atoms with E-state index in [2.05, 4.69) is 0 Å². The summed E-state index contributed by atoms with van der Waals surface area (Å²) in [6, 6.07) is 0. The van der Waals surface area contributed by atoms with Crippen LogP contribution in [0.1, 0.15) is 39.5 Å². The molecule has 0 aliphatic heterocycles. The molecule has 1 fully saturated rings. The second kappa shape index (κ2) is 5.02. The zero-order valence-electron chi connectivity index (χ0n) is 9.71. The lowest BCUT2D eigenvalue weighted by Crippen LogP contribution is -2.36. The molecule has 2 atom stereocenters. The number of hydrogen-bond donors (Lipinski definition) is 1. The quantitative estimate of drug-likeness (QED) is 0.619. The summed E-state index contributed by atoms with van der Waals surface area (Å²) in [5.74, 6) is -2.66. The summed E-state index contributed by atoms with van der Waals surface area (Å²) < 4.78 is 36.7. The van der Waals surface area contributed by atoms with Crippen LogP contribution in [0, 0.1) is 5.92 Å². The summed E-state index contributed by atoms with van der Waals surface area (Å²) in [5, 5.41) is 5.31. The number of allylic oxidation sites excluding steroid dienone is 1. The van der Waals surface area contributed by atoms with Crippen LogP contribution in [0.15, 0.2) is 12.2 Å². The van der Waals surface area contributed by atoms with Crippen LogP contribution in [0.25, 0.3) is 0 Å². The van der Waals surface area contributed by atoms with Crippen LogP contribution in [-0.2, 0) is 11.4 Å². The Balaban J connectivity index is 2.57. The molecule has 2 unspecified atom stereocenters. The average molecular weight is 251 g/mol. The van der Waals surface area contributed by atoms with E-state index in [0.717, 1.165) is 6.42 Å². The maximum absolute atomic E-state index is 13.1. The Morgan fingerprint density at radius 3 is 2.62 bits per heavy atom. The van der Waals surface area contributed by atoms with Gasteiger partial charge in [0.1, 0.15) is 0 Å². The molecular weight excluding hydrogens is 232 g/mol. The maximum atomic E-state index is 13.1. The van der Waals surface area contributed by atoms with Gasteiger partial charge in [-0.2, -0.15) is 5.14 Å². The van der Waals surface area contributed by atoms with Gasteiger partial charge in [0.05, 0.1) is 0 Å². The van der Waals surface area contributed by atoms with E-state index in [-0.39, 0.29) is 18.8 Å². The Labute approximate surface area is 98.6 Å². The normalized spacial score (nSPS) is 28.2. The topological polar surface area (TPSA) is 49.1 Å². The van der Waals surface area contributed by atoms with Crippen LogP contribution >= 0.6 is 0 Å². The molecule has 0 heterocycles. The molecule has 0 radical (unpaired) electrons. The maximum Gasteiger partial charge on any atom is 0.248 e. The number of hydrogen-bond acceptors (Lipinski definition) is 2. The summed E-state index contributed by atoms with van der Waals surface area (Å²) in [6.45, 7) is 3.47. The lowest BCUT2D eigenvalue weighted by Gasteiger charge is -2.28. The van der Waals surface area contributed by atoms with Crippen LogP contribution < -0.4 is 5.14 Å². The van der Waals surface area contributed by atoms with E-state index in [1.807, 2.05) is 0 Å². The first-order valence-corrected chi connectivity index (χ1v) is 6.68. The van der Waals surface area contributed by atoms with Gasteiger partial charge in [-0.25, -0.2) is 8.78 Å². The minimum Gasteiger partial charge on any atom is -0.598 e. The van der Waals surface area contributed by atoms with Crippen molar-refractivity contribution in [3.8, 4) is 0 Å². The summed E-state index contributed by atoms with van der Waals surface area (Å²) in [5.41, 5.74) is 0. The minimum absolute atomic E-state index is 0.0104. The second-order valence-corrected chi connectivity index (χ2v) is 6.62. The number of rotatable bonds is 3. The van der Waals surface area contributed by atoms with Crippen LogP contribution in [0.5, 0.6) is 0 Å². The highest BCUT2D eigenvalue weighted by atomic mass is 32.2. The second-order valence-electron chi connectivity index (χ2n) is 4.97. The molecule has 0 aromatic heterocycles. The largest absolute Gasteiger partial charge is 0.598 e.